The Morgan fingerprint density at radius 3 is 2.67 bits per heavy atom. The Hall–Kier alpha value is -2.27. The molecule has 4 nitrogen and oxygen atoms in total. The van der Waals surface area contributed by atoms with Gasteiger partial charge in [-0.25, -0.2) is 0 Å². The number of ether oxygens (including phenoxy) is 1. The lowest BCUT2D eigenvalue weighted by Gasteiger charge is -2.07. The second-order valence-corrected chi connectivity index (χ2v) is 6.19. The molecule has 0 unspecified atom stereocenters. The Balaban J connectivity index is 1.90. The molecular formula is C19H23N3OS. The normalized spacial score (nSPS) is 11.8. The van der Waals surface area contributed by atoms with E-state index in [-0.39, 0.29) is 0 Å². The third-order valence-electron chi connectivity index (χ3n) is 3.26. The summed E-state index contributed by atoms with van der Waals surface area (Å²) >= 11 is 1.47. The summed E-state index contributed by atoms with van der Waals surface area (Å²) in [7, 11) is 0. The van der Waals surface area contributed by atoms with E-state index in [1.807, 2.05) is 42.5 Å². The molecule has 0 aromatic heterocycles. The number of hydrogen-bond acceptors (Lipinski definition) is 4. The van der Waals surface area contributed by atoms with Gasteiger partial charge in [-0.3, -0.25) is 0 Å². The number of hydrogen-bond donors (Lipinski definition) is 1. The average molecular weight is 341 g/mol. The molecule has 5 heteroatoms. The predicted octanol–water partition coefficient (Wildman–Crippen LogP) is 4.45. The lowest BCUT2D eigenvalue weighted by Crippen LogP contribution is -2.06. The van der Waals surface area contributed by atoms with Crippen molar-refractivity contribution in [1.82, 2.24) is 0 Å². The standard InChI is InChI=1S/C19H23N3OS/c1-2-3-13-23-18-12-8-7-11-17(18)14-21-22-19(20)24-15-16-9-5-4-6-10-16/h4-12,14H,2-3,13,15H2,1H3,(H2,20,22). The van der Waals surface area contributed by atoms with Gasteiger partial charge in [-0.2, -0.15) is 5.10 Å². The minimum absolute atomic E-state index is 0.444. The smallest absolute Gasteiger partial charge is 0.180 e. The Morgan fingerprint density at radius 2 is 1.88 bits per heavy atom. The van der Waals surface area contributed by atoms with E-state index in [0.29, 0.717) is 11.8 Å². The molecule has 126 valence electrons. The van der Waals surface area contributed by atoms with Crippen molar-refractivity contribution in [2.24, 2.45) is 15.9 Å². The zero-order chi connectivity index (χ0) is 17.0. The Bertz CT molecular complexity index is 671. The van der Waals surface area contributed by atoms with Crippen molar-refractivity contribution >= 4 is 23.1 Å². The summed E-state index contributed by atoms with van der Waals surface area (Å²) in [5.74, 6) is 1.60. The van der Waals surface area contributed by atoms with E-state index >= 15 is 0 Å². The van der Waals surface area contributed by atoms with Gasteiger partial charge in [0.1, 0.15) is 5.75 Å². The van der Waals surface area contributed by atoms with Crippen molar-refractivity contribution < 1.29 is 4.74 Å². The number of benzene rings is 2. The lowest BCUT2D eigenvalue weighted by atomic mass is 10.2. The van der Waals surface area contributed by atoms with Crippen molar-refractivity contribution in [1.29, 1.82) is 0 Å². The van der Waals surface area contributed by atoms with Crippen LogP contribution in [0.4, 0.5) is 0 Å². The van der Waals surface area contributed by atoms with Gasteiger partial charge in [-0.05, 0) is 24.1 Å². The summed E-state index contributed by atoms with van der Waals surface area (Å²) in [6, 6.07) is 17.9. The molecule has 0 amide bonds. The molecule has 0 fully saturated rings. The molecule has 0 aliphatic rings. The van der Waals surface area contributed by atoms with Crippen LogP contribution in [-0.4, -0.2) is 18.0 Å². The van der Waals surface area contributed by atoms with E-state index in [1.165, 1.54) is 17.3 Å². The van der Waals surface area contributed by atoms with Crippen LogP contribution in [0.5, 0.6) is 5.75 Å². The topological polar surface area (TPSA) is 60.0 Å². The highest BCUT2D eigenvalue weighted by atomic mass is 32.2. The van der Waals surface area contributed by atoms with E-state index in [2.05, 4.69) is 29.3 Å². The van der Waals surface area contributed by atoms with Crippen molar-refractivity contribution in [2.75, 3.05) is 6.61 Å². The largest absolute Gasteiger partial charge is 0.493 e. The van der Waals surface area contributed by atoms with Gasteiger partial charge < -0.3 is 10.5 Å². The number of amidine groups is 1. The van der Waals surface area contributed by atoms with Crippen LogP contribution in [-0.2, 0) is 5.75 Å². The van der Waals surface area contributed by atoms with Crippen LogP contribution in [0.15, 0.2) is 64.8 Å². The molecule has 0 aliphatic carbocycles. The van der Waals surface area contributed by atoms with E-state index in [1.54, 1.807) is 6.21 Å². The average Bonchev–Trinajstić information content (AvgIpc) is 2.62. The number of nitrogens with two attached hydrogens (primary N) is 1. The second kappa shape index (κ2) is 10.5. The molecule has 2 aromatic carbocycles. The zero-order valence-corrected chi connectivity index (χ0v) is 14.7. The summed E-state index contributed by atoms with van der Waals surface area (Å²) < 4.78 is 5.76. The molecule has 0 spiro atoms. The number of para-hydroxylation sites is 1. The van der Waals surface area contributed by atoms with E-state index in [9.17, 15) is 0 Å². The highest BCUT2D eigenvalue weighted by Crippen LogP contribution is 2.16. The highest BCUT2D eigenvalue weighted by Gasteiger charge is 2.00. The summed E-state index contributed by atoms with van der Waals surface area (Å²) in [4.78, 5) is 0. The number of thioether (sulfide) groups is 1. The van der Waals surface area contributed by atoms with Crippen LogP contribution in [0.2, 0.25) is 0 Å². The third-order valence-corrected chi connectivity index (χ3v) is 4.11. The first-order valence-electron chi connectivity index (χ1n) is 8.04. The quantitative estimate of drug-likeness (QED) is 0.334. The molecule has 0 bridgehead atoms. The first kappa shape index (κ1) is 18.1. The Morgan fingerprint density at radius 1 is 1.12 bits per heavy atom. The van der Waals surface area contributed by atoms with Crippen molar-refractivity contribution in [3.05, 3.63) is 65.7 Å². The van der Waals surface area contributed by atoms with Gasteiger partial charge in [-0.1, -0.05) is 67.6 Å². The zero-order valence-electron chi connectivity index (χ0n) is 13.9. The molecule has 0 aliphatic heterocycles. The van der Waals surface area contributed by atoms with E-state index < -0.39 is 0 Å². The third kappa shape index (κ3) is 6.46. The molecule has 0 radical (unpaired) electrons. The SMILES string of the molecule is CCCCOc1ccccc1C=NN=C(N)SCc1ccccc1. The molecule has 2 rings (SSSR count). The summed E-state index contributed by atoms with van der Waals surface area (Å²) in [6.07, 6.45) is 3.82. The van der Waals surface area contributed by atoms with Crippen LogP contribution < -0.4 is 10.5 Å². The molecule has 2 N–H and O–H groups in total. The summed E-state index contributed by atoms with van der Waals surface area (Å²) in [5.41, 5.74) is 8.00. The molecule has 0 saturated carbocycles. The van der Waals surface area contributed by atoms with Crippen LogP contribution in [0.1, 0.15) is 30.9 Å². The van der Waals surface area contributed by atoms with Gasteiger partial charge in [0.25, 0.3) is 0 Å². The Labute approximate surface area is 147 Å². The van der Waals surface area contributed by atoms with Crippen LogP contribution in [0, 0.1) is 0 Å². The fraction of sp³-hybridized carbons (Fsp3) is 0.263. The fourth-order valence-electron chi connectivity index (χ4n) is 1.95. The summed E-state index contributed by atoms with van der Waals surface area (Å²) in [6.45, 7) is 2.85. The van der Waals surface area contributed by atoms with E-state index in [0.717, 1.165) is 29.9 Å². The fourth-order valence-corrected chi connectivity index (χ4v) is 2.57. The van der Waals surface area contributed by atoms with Crippen LogP contribution in [0.25, 0.3) is 0 Å². The highest BCUT2D eigenvalue weighted by molar-refractivity contribution is 8.13. The van der Waals surface area contributed by atoms with Gasteiger partial charge in [-0.15, -0.1) is 5.10 Å². The monoisotopic (exact) mass is 341 g/mol. The molecule has 24 heavy (non-hydrogen) atoms. The van der Waals surface area contributed by atoms with Gasteiger partial charge in [0.05, 0.1) is 12.8 Å². The first-order valence-corrected chi connectivity index (χ1v) is 9.03. The molecule has 0 saturated heterocycles. The van der Waals surface area contributed by atoms with Crippen molar-refractivity contribution in [2.45, 2.75) is 25.5 Å². The number of nitrogens with zero attached hydrogens (tertiary/aromatic N) is 2. The van der Waals surface area contributed by atoms with Crippen molar-refractivity contribution in [3.63, 3.8) is 0 Å². The van der Waals surface area contributed by atoms with Crippen molar-refractivity contribution in [3.8, 4) is 5.75 Å². The maximum atomic E-state index is 5.89. The predicted molar refractivity (Wildman–Crippen MR) is 104 cm³/mol. The first-order chi connectivity index (χ1) is 11.8. The van der Waals surface area contributed by atoms with Gasteiger partial charge in [0.2, 0.25) is 0 Å². The Kier molecular flexibility index (Phi) is 7.90. The molecule has 0 atom stereocenters. The number of unbranched alkanes of at least 4 members (excludes halogenated alkanes) is 1. The van der Waals surface area contributed by atoms with E-state index in [4.69, 9.17) is 10.5 Å². The van der Waals surface area contributed by atoms with Crippen LogP contribution >= 0.6 is 11.8 Å². The van der Waals surface area contributed by atoms with Crippen LogP contribution in [0.3, 0.4) is 0 Å². The number of rotatable bonds is 8. The summed E-state index contributed by atoms with van der Waals surface area (Å²) in [5, 5.41) is 8.57. The van der Waals surface area contributed by atoms with Gasteiger partial charge in [0.15, 0.2) is 5.17 Å². The minimum atomic E-state index is 0.444. The second-order valence-electron chi connectivity index (χ2n) is 5.20. The molecule has 2 aromatic rings. The minimum Gasteiger partial charge on any atom is -0.493 e. The maximum Gasteiger partial charge on any atom is 0.180 e. The lowest BCUT2D eigenvalue weighted by molar-refractivity contribution is 0.309. The van der Waals surface area contributed by atoms with Gasteiger partial charge >= 0.3 is 0 Å². The molecular weight excluding hydrogens is 318 g/mol. The van der Waals surface area contributed by atoms with Gasteiger partial charge in [0, 0.05) is 11.3 Å². The maximum absolute atomic E-state index is 5.89. The molecule has 0 heterocycles.